The van der Waals surface area contributed by atoms with Gasteiger partial charge in [-0.25, -0.2) is 4.98 Å². The van der Waals surface area contributed by atoms with Crippen molar-refractivity contribution in [2.45, 2.75) is 32.2 Å². The minimum Gasteiger partial charge on any atom is -0.356 e. The van der Waals surface area contributed by atoms with E-state index in [1.807, 2.05) is 54.6 Å². The summed E-state index contributed by atoms with van der Waals surface area (Å²) < 4.78 is 3.96. The van der Waals surface area contributed by atoms with Crippen LogP contribution in [0.1, 0.15) is 25.7 Å². The third-order valence-corrected chi connectivity index (χ3v) is 5.86. The molecule has 2 N–H and O–H groups in total. The van der Waals surface area contributed by atoms with E-state index in [2.05, 4.69) is 25.3 Å². The molecule has 8 heteroatoms. The highest BCUT2D eigenvalue weighted by Crippen LogP contribution is 2.26. The second-order valence-electron chi connectivity index (χ2n) is 7.92. The topological polar surface area (TPSA) is 89.7 Å². The molecule has 30 heavy (non-hydrogen) atoms. The number of benzene rings is 1. The van der Waals surface area contributed by atoms with Gasteiger partial charge >= 0.3 is 0 Å². The fourth-order valence-corrected chi connectivity index (χ4v) is 3.84. The van der Waals surface area contributed by atoms with Gasteiger partial charge < -0.3 is 15.2 Å². The predicted octanol–water partition coefficient (Wildman–Crippen LogP) is 3.37. The molecule has 3 heterocycles. The van der Waals surface area contributed by atoms with E-state index < -0.39 is 0 Å². The van der Waals surface area contributed by atoms with E-state index in [1.165, 1.54) is 6.42 Å². The highest BCUT2D eigenvalue weighted by Gasteiger charge is 2.24. The van der Waals surface area contributed by atoms with Crippen molar-refractivity contribution in [1.82, 2.24) is 29.6 Å². The van der Waals surface area contributed by atoms with Crippen LogP contribution in [0.3, 0.4) is 0 Å². The molecule has 8 nitrogen and oxygen atoms in total. The Balaban J connectivity index is 1.26. The van der Waals surface area contributed by atoms with Gasteiger partial charge in [-0.05, 0) is 43.5 Å². The molecule has 1 fully saturated rings. The lowest BCUT2D eigenvalue weighted by Crippen LogP contribution is -2.35. The van der Waals surface area contributed by atoms with E-state index in [0.29, 0.717) is 12.5 Å². The summed E-state index contributed by atoms with van der Waals surface area (Å²) in [6.07, 6.45) is 9.83. The number of nitrogens with one attached hydrogen (secondary N) is 2. The van der Waals surface area contributed by atoms with E-state index in [-0.39, 0.29) is 11.8 Å². The van der Waals surface area contributed by atoms with Crippen LogP contribution in [-0.2, 0) is 18.4 Å². The molecule has 5 rings (SSSR count). The average Bonchev–Trinajstić information content (AvgIpc) is 3.27. The molecular weight excluding hydrogens is 378 g/mol. The van der Waals surface area contributed by atoms with Gasteiger partial charge in [0.2, 0.25) is 11.9 Å². The summed E-state index contributed by atoms with van der Waals surface area (Å²) in [7, 11) is 1.93. The van der Waals surface area contributed by atoms with Crippen molar-refractivity contribution in [3.63, 3.8) is 0 Å². The molecule has 0 saturated heterocycles. The lowest BCUT2D eigenvalue weighted by molar-refractivity contribution is -0.127. The number of aryl methyl sites for hydroxylation is 2. The minimum atomic E-state index is 0.206. The predicted molar refractivity (Wildman–Crippen MR) is 116 cm³/mol. The molecule has 3 aromatic heterocycles. The zero-order chi connectivity index (χ0) is 20.5. The fraction of sp³-hybridized carbons (Fsp3) is 0.364. The van der Waals surface area contributed by atoms with Crippen molar-refractivity contribution in [2.24, 2.45) is 13.0 Å². The van der Waals surface area contributed by atoms with E-state index in [4.69, 9.17) is 4.98 Å². The number of hydrogen-bond acceptors (Lipinski definition) is 5. The molecule has 0 unspecified atom stereocenters. The Bertz CT molecular complexity index is 1200. The zero-order valence-electron chi connectivity index (χ0n) is 17.0. The molecule has 1 aliphatic carbocycles. The molecule has 1 amide bonds. The standard InChI is InChI=1S/C22H25N7O/c1-28-19-12-18(7-6-16(19)14-25-28)26-22-24-13-17-8-11-29(20(17)27-22)10-3-9-23-21(30)15-4-2-5-15/h6-8,11-15H,2-5,9-10H2,1H3,(H,23,30)(H,24,26,27). The molecular formula is C22H25N7O. The summed E-state index contributed by atoms with van der Waals surface area (Å²) in [6.45, 7) is 1.49. The number of nitrogens with zero attached hydrogens (tertiary/aromatic N) is 5. The van der Waals surface area contributed by atoms with Crippen LogP contribution < -0.4 is 10.6 Å². The average molecular weight is 403 g/mol. The van der Waals surface area contributed by atoms with Crippen molar-refractivity contribution in [3.8, 4) is 0 Å². The van der Waals surface area contributed by atoms with Crippen molar-refractivity contribution in [2.75, 3.05) is 11.9 Å². The number of carbonyl (C=O) groups is 1. The van der Waals surface area contributed by atoms with Crippen LogP contribution in [0, 0.1) is 5.92 Å². The Labute approximate surface area is 174 Å². The molecule has 0 radical (unpaired) electrons. The number of amides is 1. The van der Waals surface area contributed by atoms with Crippen LogP contribution in [0.4, 0.5) is 11.6 Å². The summed E-state index contributed by atoms with van der Waals surface area (Å²) in [6, 6.07) is 8.10. The molecule has 0 spiro atoms. The smallest absolute Gasteiger partial charge is 0.229 e. The summed E-state index contributed by atoms with van der Waals surface area (Å²) in [4.78, 5) is 21.1. The van der Waals surface area contributed by atoms with Gasteiger partial charge in [0.05, 0.1) is 11.7 Å². The minimum absolute atomic E-state index is 0.206. The quantitative estimate of drug-likeness (QED) is 0.462. The number of rotatable bonds is 7. The first kappa shape index (κ1) is 18.6. The molecule has 0 bridgehead atoms. The number of carbonyl (C=O) groups excluding carboxylic acids is 1. The molecule has 4 aromatic rings. The van der Waals surface area contributed by atoms with Gasteiger partial charge in [-0.1, -0.05) is 6.42 Å². The van der Waals surface area contributed by atoms with Crippen LogP contribution in [0.5, 0.6) is 0 Å². The van der Waals surface area contributed by atoms with E-state index in [9.17, 15) is 4.79 Å². The molecule has 0 atom stereocenters. The van der Waals surface area contributed by atoms with Gasteiger partial charge in [0.1, 0.15) is 5.65 Å². The number of hydrogen-bond donors (Lipinski definition) is 2. The zero-order valence-corrected chi connectivity index (χ0v) is 17.0. The third-order valence-electron chi connectivity index (χ3n) is 5.86. The van der Waals surface area contributed by atoms with E-state index in [1.54, 1.807) is 0 Å². The van der Waals surface area contributed by atoms with Gasteiger partial charge in [0.15, 0.2) is 0 Å². The second kappa shape index (κ2) is 7.78. The molecule has 1 aliphatic rings. The van der Waals surface area contributed by atoms with Crippen molar-refractivity contribution < 1.29 is 4.79 Å². The van der Waals surface area contributed by atoms with Crippen molar-refractivity contribution in [1.29, 1.82) is 0 Å². The summed E-state index contributed by atoms with van der Waals surface area (Å²) in [5, 5.41) is 12.7. The van der Waals surface area contributed by atoms with E-state index >= 15 is 0 Å². The Morgan fingerprint density at radius 1 is 1.20 bits per heavy atom. The maximum absolute atomic E-state index is 12.0. The monoisotopic (exact) mass is 403 g/mol. The maximum atomic E-state index is 12.0. The largest absolute Gasteiger partial charge is 0.356 e. The van der Waals surface area contributed by atoms with Crippen LogP contribution in [0.2, 0.25) is 0 Å². The first-order valence-electron chi connectivity index (χ1n) is 10.5. The van der Waals surface area contributed by atoms with Crippen LogP contribution in [-0.4, -0.2) is 36.8 Å². The van der Waals surface area contributed by atoms with Gasteiger partial charge in [0, 0.05) is 54.9 Å². The summed E-state index contributed by atoms with van der Waals surface area (Å²) in [5.74, 6) is 1.00. The normalized spacial score (nSPS) is 14.2. The Hall–Kier alpha value is -3.42. The van der Waals surface area contributed by atoms with Crippen LogP contribution >= 0.6 is 0 Å². The summed E-state index contributed by atoms with van der Waals surface area (Å²) in [5.41, 5.74) is 2.86. The molecule has 1 aromatic carbocycles. The highest BCUT2D eigenvalue weighted by molar-refractivity contribution is 5.83. The third kappa shape index (κ3) is 3.60. The van der Waals surface area contributed by atoms with Crippen molar-refractivity contribution in [3.05, 3.63) is 42.9 Å². The fourth-order valence-electron chi connectivity index (χ4n) is 3.84. The number of anilines is 2. The first-order chi connectivity index (χ1) is 14.7. The summed E-state index contributed by atoms with van der Waals surface area (Å²) >= 11 is 0. The van der Waals surface area contributed by atoms with Gasteiger partial charge in [0.25, 0.3) is 0 Å². The van der Waals surface area contributed by atoms with Gasteiger partial charge in [-0.3, -0.25) is 9.48 Å². The Morgan fingerprint density at radius 3 is 2.93 bits per heavy atom. The highest BCUT2D eigenvalue weighted by atomic mass is 16.1. The Morgan fingerprint density at radius 2 is 2.10 bits per heavy atom. The van der Waals surface area contributed by atoms with E-state index in [0.717, 1.165) is 53.4 Å². The number of fused-ring (bicyclic) bond motifs is 2. The van der Waals surface area contributed by atoms with Crippen LogP contribution in [0.25, 0.3) is 21.9 Å². The van der Waals surface area contributed by atoms with Gasteiger partial charge in [-0.2, -0.15) is 10.1 Å². The molecule has 154 valence electrons. The first-order valence-corrected chi connectivity index (χ1v) is 10.5. The molecule has 1 saturated carbocycles. The lowest BCUT2D eigenvalue weighted by Gasteiger charge is -2.24. The SMILES string of the molecule is Cn1ncc2ccc(Nc3ncc4ccn(CCCNC(=O)C5CCC5)c4n3)cc21. The number of aromatic nitrogens is 5. The lowest BCUT2D eigenvalue weighted by atomic mass is 9.85. The molecule has 0 aliphatic heterocycles. The Kier molecular flexibility index (Phi) is 4.82. The maximum Gasteiger partial charge on any atom is 0.229 e. The second-order valence-corrected chi connectivity index (χ2v) is 7.92. The van der Waals surface area contributed by atoms with Crippen LogP contribution in [0.15, 0.2) is 42.9 Å². The van der Waals surface area contributed by atoms with Crippen molar-refractivity contribution >= 4 is 39.5 Å². The van der Waals surface area contributed by atoms with Gasteiger partial charge in [-0.15, -0.1) is 0 Å².